The zero-order chi connectivity index (χ0) is 18.2. The molecule has 0 aromatic heterocycles. The fourth-order valence-corrected chi connectivity index (χ4v) is 2.30. The van der Waals surface area contributed by atoms with Crippen LogP contribution in [0.25, 0.3) is 0 Å². The molecule has 0 bridgehead atoms. The maximum Gasteiger partial charge on any atom is 0.266 e. The zero-order valence-corrected chi connectivity index (χ0v) is 14.2. The van der Waals surface area contributed by atoms with E-state index in [0.29, 0.717) is 12.2 Å². The highest BCUT2D eigenvalue weighted by atomic mass is 19.1. The smallest absolute Gasteiger partial charge is 0.266 e. The molecule has 0 fully saturated rings. The van der Waals surface area contributed by atoms with Crippen molar-refractivity contribution in [2.75, 3.05) is 5.32 Å². The number of anilines is 1. The standard InChI is InChI=1S/C20H20FN3O/c1-15(2)24(14-16-7-4-3-5-8-16)20(25)17(12-22)13-23-19-10-6-9-18(21)11-19/h3-11,13,15,23H,14H2,1-2H3/b17-13-. The molecular weight excluding hydrogens is 317 g/mol. The summed E-state index contributed by atoms with van der Waals surface area (Å²) < 4.78 is 13.2. The Morgan fingerprint density at radius 3 is 2.56 bits per heavy atom. The van der Waals surface area contributed by atoms with Crippen LogP contribution in [0.4, 0.5) is 10.1 Å². The van der Waals surface area contributed by atoms with Gasteiger partial charge in [0.05, 0.1) is 0 Å². The number of halogens is 1. The van der Waals surface area contributed by atoms with Gasteiger partial charge in [-0.3, -0.25) is 4.79 Å². The summed E-state index contributed by atoms with van der Waals surface area (Å²) in [6, 6.07) is 17.3. The van der Waals surface area contributed by atoms with Crippen molar-refractivity contribution in [3.8, 4) is 6.07 Å². The van der Waals surface area contributed by atoms with E-state index in [1.54, 1.807) is 17.0 Å². The number of carbonyl (C=O) groups excluding carboxylic acids is 1. The number of nitriles is 1. The number of rotatable bonds is 6. The van der Waals surface area contributed by atoms with Crippen molar-refractivity contribution in [1.82, 2.24) is 4.90 Å². The first-order valence-electron chi connectivity index (χ1n) is 7.98. The van der Waals surface area contributed by atoms with Gasteiger partial charge in [-0.15, -0.1) is 0 Å². The maximum atomic E-state index is 13.2. The van der Waals surface area contributed by atoms with Crippen LogP contribution in [-0.2, 0) is 11.3 Å². The molecule has 0 atom stereocenters. The van der Waals surface area contributed by atoms with Crippen molar-refractivity contribution in [2.45, 2.75) is 26.4 Å². The molecule has 0 saturated heterocycles. The summed E-state index contributed by atoms with van der Waals surface area (Å²) in [6.45, 7) is 4.21. The number of hydrogen-bond acceptors (Lipinski definition) is 3. The number of nitrogens with one attached hydrogen (secondary N) is 1. The van der Waals surface area contributed by atoms with Gasteiger partial charge >= 0.3 is 0 Å². The number of carbonyl (C=O) groups is 1. The zero-order valence-electron chi connectivity index (χ0n) is 14.2. The summed E-state index contributed by atoms with van der Waals surface area (Å²) in [7, 11) is 0. The summed E-state index contributed by atoms with van der Waals surface area (Å²) in [5.41, 5.74) is 1.42. The van der Waals surface area contributed by atoms with E-state index in [9.17, 15) is 14.4 Å². The summed E-state index contributed by atoms with van der Waals surface area (Å²) in [6.07, 6.45) is 1.32. The average molecular weight is 337 g/mol. The van der Waals surface area contributed by atoms with Crippen LogP contribution in [-0.4, -0.2) is 16.8 Å². The van der Waals surface area contributed by atoms with Crippen LogP contribution < -0.4 is 5.32 Å². The average Bonchev–Trinajstić information content (AvgIpc) is 2.60. The molecule has 1 amide bonds. The van der Waals surface area contributed by atoms with Crippen LogP contribution in [0.2, 0.25) is 0 Å². The molecular formula is C20H20FN3O. The molecule has 0 spiro atoms. The van der Waals surface area contributed by atoms with Crippen molar-refractivity contribution in [1.29, 1.82) is 5.26 Å². The number of amides is 1. The molecule has 25 heavy (non-hydrogen) atoms. The van der Waals surface area contributed by atoms with E-state index in [-0.39, 0.29) is 17.5 Å². The van der Waals surface area contributed by atoms with E-state index in [1.807, 2.05) is 50.2 Å². The minimum absolute atomic E-state index is 0.0334. The molecule has 0 aliphatic carbocycles. The molecule has 0 saturated carbocycles. The molecule has 4 nitrogen and oxygen atoms in total. The van der Waals surface area contributed by atoms with Gasteiger partial charge in [0.1, 0.15) is 17.5 Å². The van der Waals surface area contributed by atoms with Gasteiger partial charge in [0, 0.05) is 24.5 Å². The lowest BCUT2D eigenvalue weighted by molar-refractivity contribution is -0.129. The SMILES string of the molecule is CC(C)N(Cc1ccccc1)C(=O)/C(C#N)=C\Nc1cccc(F)c1. The molecule has 0 aliphatic rings. The summed E-state index contributed by atoms with van der Waals surface area (Å²) in [4.78, 5) is 14.4. The van der Waals surface area contributed by atoms with Gasteiger partial charge < -0.3 is 10.2 Å². The largest absolute Gasteiger partial charge is 0.360 e. The van der Waals surface area contributed by atoms with Gasteiger partial charge in [-0.25, -0.2) is 4.39 Å². The quantitative estimate of drug-likeness (QED) is 0.638. The molecule has 0 unspecified atom stereocenters. The number of benzene rings is 2. The second-order valence-corrected chi connectivity index (χ2v) is 5.84. The summed E-state index contributed by atoms with van der Waals surface area (Å²) >= 11 is 0. The Kier molecular flexibility index (Phi) is 6.30. The third-order valence-electron chi connectivity index (χ3n) is 3.64. The third kappa shape index (κ3) is 5.18. The van der Waals surface area contributed by atoms with Gasteiger partial charge in [0.25, 0.3) is 5.91 Å². The van der Waals surface area contributed by atoms with Crippen LogP contribution in [0.15, 0.2) is 66.4 Å². The van der Waals surface area contributed by atoms with E-state index in [2.05, 4.69) is 5.32 Å². The van der Waals surface area contributed by atoms with Crippen molar-refractivity contribution in [2.24, 2.45) is 0 Å². The molecule has 5 heteroatoms. The Bertz CT molecular complexity index is 794. The highest BCUT2D eigenvalue weighted by molar-refractivity contribution is 5.97. The molecule has 2 rings (SSSR count). The number of hydrogen-bond donors (Lipinski definition) is 1. The second-order valence-electron chi connectivity index (χ2n) is 5.84. The molecule has 2 aromatic carbocycles. The van der Waals surface area contributed by atoms with E-state index < -0.39 is 5.82 Å². The van der Waals surface area contributed by atoms with Crippen LogP contribution in [0.1, 0.15) is 19.4 Å². The van der Waals surface area contributed by atoms with E-state index >= 15 is 0 Å². The second kappa shape index (κ2) is 8.65. The lowest BCUT2D eigenvalue weighted by Crippen LogP contribution is -2.37. The molecule has 1 N–H and O–H groups in total. The van der Waals surface area contributed by atoms with Crippen molar-refractivity contribution < 1.29 is 9.18 Å². The first kappa shape index (κ1) is 18.2. The van der Waals surface area contributed by atoms with E-state index in [1.165, 1.54) is 18.3 Å². The van der Waals surface area contributed by atoms with Crippen molar-refractivity contribution in [3.05, 3.63) is 77.8 Å². The predicted octanol–water partition coefficient (Wildman–Crippen LogP) is 4.08. The van der Waals surface area contributed by atoms with Crippen LogP contribution >= 0.6 is 0 Å². The Morgan fingerprint density at radius 1 is 1.24 bits per heavy atom. The normalized spacial score (nSPS) is 11.1. The Hall–Kier alpha value is -3.13. The molecule has 128 valence electrons. The van der Waals surface area contributed by atoms with Gasteiger partial charge in [-0.05, 0) is 37.6 Å². The highest BCUT2D eigenvalue weighted by Gasteiger charge is 2.21. The van der Waals surface area contributed by atoms with Gasteiger partial charge in [-0.2, -0.15) is 5.26 Å². The summed E-state index contributed by atoms with van der Waals surface area (Å²) in [5.74, 6) is -0.763. The Balaban J connectivity index is 2.17. The lowest BCUT2D eigenvalue weighted by atomic mass is 10.1. The van der Waals surface area contributed by atoms with Gasteiger partial charge in [-0.1, -0.05) is 36.4 Å². The molecule has 2 aromatic rings. The van der Waals surface area contributed by atoms with E-state index in [4.69, 9.17) is 0 Å². The fourth-order valence-electron chi connectivity index (χ4n) is 2.30. The number of nitrogens with zero attached hydrogens (tertiary/aromatic N) is 2. The van der Waals surface area contributed by atoms with E-state index in [0.717, 1.165) is 5.56 Å². The molecule has 0 aliphatic heterocycles. The van der Waals surface area contributed by atoms with Crippen molar-refractivity contribution >= 4 is 11.6 Å². The monoisotopic (exact) mass is 337 g/mol. The third-order valence-corrected chi connectivity index (χ3v) is 3.64. The lowest BCUT2D eigenvalue weighted by Gasteiger charge is -2.26. The van der Waals surface area contributed by atoms with Crippen LogP contribution in [0.5, 0.6) is 0 Å². The predicted molar refractivity (Wildman–Crippen MR) is 95.8 cm³/mol. The van der Waals surface area contributed by atoms with Crippen LogP contribution in [0, 0.1) is 17.1 Å². The minimum atomic E-state index is -0.392. The Morgan fingerprint density at radius 2 is 1.96 bits per heavy atom. The van der Waals surface area contributed by atoms with Gasteiger partial charge in [0.2, 0.25) is 0 Å². The van der Waals surface area contributed by atoms with Crippen molar-refractivity contribution in [3.63, 3.8) is 0 Å². The van der Waals surface area contributed by atoms with Crippen LogP contribution in [0.3, 0.4) is 0 Å². The fraction of sp³-hybridized carbons (Fsp3) is 0.200. The first-order valence-corrected chi connectivity index (χ1v) is 7.98. The van der Waals surface area contributed by atoms with Gasteiger partial charge in [0.15, 0.2) is 0 Å². The summed E-state index contributed by atoms with van der Waals surface area (Å²) in [5, 5.41) is 12.1. The molecule has 0 radical (unpaired) electrons. The topological polar surface area (TPSA) is 56.1 Å². The maximum absolute atomic E-state index is 13.2. The first-order chi connectivity index (χ1) is 12.0. The minimum Gasteiger partial charge on any atom is -0.360 e. The highest BCUT2D eigenvalue weighted by Crippen LogP contribution is 2.14. The molecule has 0 heterocycles. The Labute approximate surface area is 147 Å².